The number of urea groups is 1. The minimum Gasteiger partial charge on any atom is -0.378 e. The largest absolute Gasteiger partial charge is 0.378 e. The van der Waals surface area contributed by atoms with E-state index in [-0.39, 0.29) is 6.03 Å². The summed E-state index contributed by atoms with van der Waals surface area (Å²) in [5.41, 5.74) is 2.41. The van der Waals surface area contributed by atoms with Gasteiger partial charge in [0.2, 0.25) is 16.0 Å². The molecule has 0 radical (unpaired) electrons. The number of ether oxygens (including phenoxy) is 1. The number of pyridine rings is 1. The van der Waals surface area contributed by atoms with Gasteiger partial charge in [-0.25, -0.2) is 18.2 Å². The molecule has 2 aliphatic heterocycles. The SMILES string of the molecule is CS(=O)(=O)N1CCN(Cc2ccc(-c3nc(-c4ccc(NC(=O)NCc5ccncc5)cc4)nc(N4CCOCC4)n3)s2)CC1. The van der Waals surface area contributed by atoms with Crippen LogP contribution in [0.4, 0.5) is 16.4 Å². The van der Waals surface area contributed by atoms with Crippen LogP contribution >= 0.6 is 11.3 Å². The third-order valence-corrected chi connectivity index (χ3v) is 9.95. The van der Waals surface area contributed by atoms with Crippen LogP contribution in [0.15, 0.2) is 60.9 Å². The van der Waals surface area contributed by atoms with Gasteiger partial charge in [-0.1, -0.05) is 0 Å². The first-order chi connectivity index (χ1) is 21.8. The van der Waals surface area contributed by atoms with Crippen molar-refractivity contribution in [2.75, 3.05) is 69.0 Å². The molecule has 236 valence electrons. The van der Waals surface area contributed by atoms with Crippen LogP contribution in [0.2, 0.25) is 0 Å². The van der Waals surface area contributed by atoms with Gasteiger partial charge in [0.15, 0.2) is 11.6 Å². The lowest BCUT2D eigenvalue weighted by Crippen LogP contribution is -2.47. The number of morpholine rings is 1. The van der Waals surface area contributed by atoms with E-state index in [4.69, 9.17) is 19.7 Å². The normalized spacial score (nSPS) is 16.4. The molecule has 0 spiro atoms. The van der Waals surface area contributed by atoms with E-state index in [1.165, 1.54) is 10.6 Å². The molecule has 2 amide bonds. The highest BCUT2D eigenvalue weighted by atomic mass is 32.2. The molecule has 2 saturated heterocycles. The summed E-state index contributed by atoms with van der Waals surface area (Å²) in [6.07, 6.45) is 4.64. The van der Waals surface area contributed by atoms with Crippen molar-refractivity contribution in [2.24, 2.45) is 0 Å². The molecule has 3 aromatic heterocycles. The zero-order valence-electron chi connectivity index (χ0n) is 24.9. The van der Waals surface area contributed by atoms with Crippen LogP contribution in [0, 0.1) is 0 Å². The predicted molar refractivity (Wildman–Crippen MR) is 173 cm³/mol. The van der Waals surface area contributed by atoms with E-state index in [2.05, 4.69) is 31.5 Å². The number of hydrogen-bond donors (Lipinski definition) is 2. The number of carbonyl (C=O) groups excluding carboxylic acids is 1. The third kappa shape index (κ3) is 8.18. The van der Waals surface area contributed by atoms with Crippen molar-refractivity contribution in [3.63, 3.8) is 0 Å². The molecule has 5 heterocycles. The summed E-state index contributed by atoms with van der Waals surface area (Å²) < 4.78 is 30.8. The quantitative estimate of drug-likeness (QED) is 0.278. The summed E-state index contributed by atoms with van der Waals surface area (Å²) in [5, 5.41) is 5.71. The first-order valence-electron chi connectivity index (χ1n) is 14.7. The number of nitrogens with one attached hydrogen (secondary N) is 2. The van der Waals surface area contributed by atoms with E-state index in [9.17, 15) is 13.2 Å². The molecule has 4 aromatic rings. The summed E-state index contributed by atoms with van der Waals surface area (Å²) >= 11 is 1.63. The highest BCUT2D eigenvalue weighted by Crippen LogP contribution is 2.30. The van der Waals surface area contributed by atoms with Crippen LogP contribution in [-0.4, -0.2) is 102 Å². The number of nitrogens with zero attached hydrogens (tertiary/aromatic N) is 7. The van der Waals surface area contributed by atoms with Gasteiger partial charge in [-0.15, -0.1) is 11.3 Å². The van der Waals surface area contributed by atoms with Gasteiger partial charge in [0.05, 0.1) is 24.3 Å². The van der Waals surface area contributed by atoms with Gasteiger partial charge in [0.25, 0.3) is 0 Å². The molecule has 15 heteroatoms. The van der Waals surface area contributed by atoms with E-state index in [1.807, 2.05) is 42.5 Å². The maximum atomic E-state index is 12.4. The molecule has 6 rings (SSSR count). The summed E-state index contributed by atoms with van der Waals surface area (Å²) in [6, 6.07) is 14.9. The molecular formula is C30H35N9O4S2. The fraction of sp³-hybridized carbons (Fsp3) is 0.367. The number of aromatic nitrogens is 4. The number of anilines is 2. The van der Waals surface area contributed by atoms with Gasteiger partial charge < -0.3 is 20.3 Å². The highest BCUT2D eigenvalue weighted by molar-refractivity contribution is 7.88. The van der Waals surface area contributed by atoms with Crippen molar-refractivity contribution in [3.8, 4) is 22.1 Å². The van der Waals surface area contributed by atoms with Crippen LogP contribution in [0.3, 0.4) is 0 Å². The van der Waals surface area contributed by atoms with Crippen molar-refractivity contribution < 1.29 is 17.9 Å². The second-order valence-electron chi connectivity index (χ2n) is 10.8. The molecule has 13 nitrogen and oxygen atoms in total. The van der Waals surface area contributed by atoms with Crippen LogP contribution in [0.1, 0.15) is 10.4 Å². The average Bonchev–Trinajstić information content (AvgIpc) is 3.53. The average molecular weight is 650 g/mol. The number of hydrogen-bond acceptors (Lipinski definition) is 11. The molecule has 0 atom stereocenters. The maximum absolute atomic E-state index is 12.4. The van der Waals surface area contributed by atoms with Crippen LogP contribution in [0.5, 0.6) is 0 Å². The molecule has 0 bridgehead atoms. The van der Waals surface area contributed by atoms with Gasteiger partial charge in [-0.2, -0.15) is 14.3 Å². The van der Waals surface area contributed by atoms with Crippen LogP contribution in [0.25, 0.3) is 22.1 Å². The summed E-state index contributed by atoms with van der Waals surface area (Å²) in [4.78, 5) is 37.4. The molecule has 2 fully saturated rings. The zero-order valence-corrected chi connectivity index (χ0v) is 26.6. The van der Waals surface area contributed by atoms with Crippen molar-refractivity contribution in [1.82, 2.24) is 34.5 Å². The van der Waals surface area contributed by atoms with Crippen molar-refractivity contribution in [2.45, 2.75) is 13.1 Å². The Morgan fingerprint density at radius 3 is 2.31 bits per heavy atom. The summed E-state index contributed by atoms with van der Waals surface area (Å²) in [7, 11) is -3.16. The van der Waals surface area contributed by atoms with Gasteiger partial charge >= 0.3 is 6.03 Å². The Kier molecular flexibility index (Phi) is 9.61. The number of sulfonamides is 1. The van der Waals surface area contributed by atoms with E-state index >= 15 is 0 Å². The highest BCUT2D eigenvalue weighted by Gasteiger charge is 2.24. The number of piperazine rings is 1. The lowest BCUT2D eigenvalue weighted by Gasteiger charge is -2.32. The number of amides is 2. The fourth-order valence-corrected chi connectivity index (χ4v) is 6.90. The predicted octanol–water partition coefficient (Wildman–Crippen LogP) is 2.90. The first-order valence-corrected chi connectivity index (χ1v) is 17.4. The van der Waals surface area contributed by atoms with Crippen LogP contribution < -0.4 is 15.5 Å². The maximum Gasteiger partial charge on any atom is 0.319 e. The Morgan fingerprint density at radius 1 is 0.889 bits per heavy atom. The Bertz CT molecular complexity index is 1700. The second-order valence-corrected chi connectivity index (χ2v) is 14.0. The molecule has 0 saturated carbocycles. The smallest absolute Gasteiger partial charge is 0.319 e. The fourth-order valence-electron chi connectivity index (χ4n) is 5.09. The first kappa shape index (κ1) is 31.0. The van der Waals surface area contributed by atoms with E-state index < -0.39 is 10.0 Å². The Balaban J connectivity index is 1.17. The minimum absolute atomic E-state index is 0.303. The Hall–Kier alpha value is -4.02. The summed E-state index contributed by atoms with van der Waals surface area (Å²) in [6.45, 7) is 6.11. The number of carbonyl (C=O) groups is 1. The summed E-state index contributed by atoms with van der Waals surface area (Å²) in [5.74, 6) is 1.74. The Labute approximate surface area is 266 Å². The number of rotatable bonds is 9. The monoisotopic (exact) mass is 649 g/mol. The molecule has 2 aliphatic rings. The molecule has 0 aliphatic carbocycles. The van der Waals surface area contributed by atoms with E-state index in [1.54, 1.807) is 23.7 Å². The van der Waals surface area contributed by atoms with Crippen molar-refractivity contribution >= 4 is 39.0 Å². The molecular weight excluding hydrogens is 615 g/mol. The van der Waals surface area contributed by atoms with Crippen molar-refractivity contribution in [3.05, 3.63) is 71.4 Å². The lowest BCUT2D eigenvalue weighted by molar-refractivity contribution is 0.122. The number of benzene rings is 1. The molecule has 1 aromatic carbocycles. The molecule has 45 heavy (non-hydrogen) atoms. The standard InChI is InChI=1S/C30H35N9O4S2/c1-45(41,42)39-14-12-37(13-15-39)21-25-6-7-26(44-25)28-34-27(35-29(36-28)38-16-18-43-19-17-38)23-2-4-24(5-3-23)33-30(40)32-20-22-8-10-31-11-9-22/h2-11H,12-21H2,1H3,(H2,32,33,40). The number of thiophene rings is 1. The Morgan fingerprint density at radius 2 is 1.60 bits per heavy atom. The minimum atomic E-state index is -3.16. The van der Waals surface area contributed by atoms with Gasteiger partial charge in [-0.05, 0) is 54.1 Å². The van der Waals surface area contributed by atoms with Gasteiger partial charge in [-0.3, -0.25) is 9.88 Å². The van der Waals surface area contributed by atoms with Gasteiger partial charge in [0.1, 0.15) is 0 Å². The van der Waals surface area contributed by atoms with Gasteiger partial charge in [0, 0.05) is 80.9 Å². The zero-order chi connectivity index (χ0) is 31.2. The topological polar surface area (TPSA) is 146 Å². The van der Waals surface area contributed by atoms with Crippen molar-refractivity contribution in [1.29, 1.82) is 0 Å². The van der Waals surface area contributed by atoms with E-state index in [0.717, 1.165) is 27.4 Å². The van der Waals surface area contributed by atoms with E-state index in [0.29, 0.717) is 82.3 Å². The lowest BCUT2D eigenvalue weighted by atomic mass is 10.2. The molecule has 2 N–H and O–H groups in total. The third-order valence-electron chi connectivity index (χ3n) is 7.58. The van der Waals surface area contributed by atoms with Crippen LogP contribution in [-0.2, 0) is 27.8 Å². The second kappa shape index (κ2) is 14.0. The molecule has 0 unspecified atom stereocenters.